The Morgan fingerprint density at radius 3 is 0.500 bits per heavy atom. The lowest BCUT2D eigenvalue weighted by atomic mass is 9.74. The van der Waals surface area contributed by atoms with Gasteiger partial charge in [0.2, 0.25) is 0 Å². The first-order valence-corrected chi connectivity index (χ1v) is 35.1. The zero-order chi connectivity index (χ0) is 64.5. The molecule has 8 N–H and O–H groups in total. The van der Waals surface area contributed by atoms with Crippen molar-refractivity contribution in [3.05, 3.63) is 91.0 Å². The third kappa shape index (κ3) is 20.6. The van der Waals surface area contributed by atoms with Crippen molar-refractivity contribution < 1.29 is 40.9 Å². The van der Waals surface area contributed by atoms with Crippen molar-refractivity contribution in [2.45, 2.75) is 283 Å². The second-order valence-corrected chi connectivity index (χ2v) is 27.7. The number of phenolic OH excluding ortho intramolecular Hbond substituents is 8. The molecule has 5 rings (SSSR count). The van der Waals surface area contributed by atoms with Crippen LogP contribution in [-0.4, -0.2) is 117 Å². The fourth-order valence-electron chi connectivity index (χ4n) is 14.2. The van der Waals surface area contributed by atoms with Gasteiger partial charge in [-0.1, -0.05) is 207 Å². The highest BCUT2D eigenvalue weighted by molar-refractivity contribution is 5.68. The molecule has 0 unspecified atom stereocenters. The van der Waals surface area contributed by atoms with E-state index in [1.54, 1.807) is 0 Å². The molecular formula is C76H124N4O8. The molecule has 0 saturated heterocycles. The van der Waals surface area contributed by atoms with Gasteiger partial charge in [0.1, 0.15) is 46.0 Å². The lowest BCUT2D eigenvalue weighted by Gasteiger charge is -2.32. The van der Waals surface area contributed by atoms with E-state index in [-0.39, 0.29) is 72.2 Å². The summed E-state index contributed by atoms with van der Waals surface area (Å²) >= 11 is 0. The van der Waals surface area contributed by atoms with Crippen molar-refractivity contribution in [2.75, 3.05) is 56.4 Å². The molecule has 0 fully saturated rings. The van der Waals surface area contributed by atoms with Crippen LogP contribution in [0.25, 0.3) is 0 Å². The van der Waals surface area contributed by atoms with Crippen molar-refractivity contribution >= 4 is 0 Å². The topological polar surface area (TPSA) is 175 Å². The Hall–Kier alpha value is -4.88. The summed E-state index contributed by atoms with van der Waals surface area (Å²) in [5.74, 6) is -2.89. The van der Waals surface area contributed by atoms with Crippen LogP contribution in [0.1, 0.15) is 324 Å². The highest BCUT2D eigenvalue weighted by Gasteiger charge is 2.38. The van der Waals surface area contributed by atoms with Crippen LogP contribution >= 0.6 is 0 Å². The van der Waals surface area contributed by atoms with Gasteiger partial charge in [-0.05, 0) is 106 Å². The van der Waals surface area contributed by atoms with Crippen LogP contribution in [0.3, 0.4) is 0 Å². The molecule has 0 amide bonds. The second-order valence-electron chi connectivity index (χ2n) is 27.7. The molecule has 4 aromatic rings. The minimum Gasteiger partial charge on any atom is -0.507 e. The molecule has 0 atom stereocenters. The van der Waals surface area contributed by atoms with Crippen LogP contribution in [0.15, 0.2) is 24.3 Å². The molecule has 1 aliphatic rings. The Bertz CT molecular complexity index is 2240. The summed E-state index contributed by atoms with van der Waals surface area (Å²) in [6.45, 7) is 9.72. The van der Waals surface area contributed by atoms with Gasteiger partial charge in [0.25, 0.3) is 0 Å². The third-order valence-electron chi connectivity index (χ3n) is 19.0. The van der Waals surface area contributed by atoms with E-state index in [0.29, 0.717) is 92.4 Å². The summed E-state index contributed by atoms with van der Waals surface area (Å²) in [7, 11) is 15.4. The van der Waals surface area contributed by atoms with Crippen molar-refractivity contribution in [2.24, 2.45) is 0 Å². The van der Waals surface area contributed by atoms with Gasteiger partial charge in [0.05, 0.1) is 22.3 Å². The first-order chi connectivity index (χ1) is 42.2. The molecule has 0 spiro atoms. The van der Waals surface area contributed by atoms with Crippen molar-refractivity contribution in [3.8, 4) is 46.0 Å². The number of nitrogens with zero attached hydrogens (tertiary/aromatic N) is 4. The second kappa shape index (κ2) is 38.1. The predicted molar refractivity (Wildman–Crippen MR) is 366 cm³/mol. The molecular weight excluding hydrogens is 1100 g/mol. The summed E-state index contributed by atoms with van der Waals surface area (Å²) in [6.07, 6.45) is 31.7. The Kier molecular flexibility index (Phi) is 32.0. The highest BCUT2D eigenvalue weighted by Crippen LogP contribution is 2.56. The van der Waals surface area contributed by atoms with Crippen LogP contribution < -0.4 is 0 Å². The van der Waals surface area contributed by atoms with Crippen LogP contribution in [0.2, 0.25) is 0 Å². The molecule has 4 aromatic carbocycles. The maximum Gasteiger partial charge on any atom is 0.127 e. The molecule has 1 aliphatic carbocycles. The van der Waals surface area contributed by atoms with E-state index in [9.17, 15) is 40.9 Å². The molecule has 496 valence electrons. The minimum absolute atomic E-state index is 0.0469. The van der Waals surface area contributed by atoms with Crippen molar-refractivity contribution in [1.82, 2.24) is 19.6 Å². The van der Waals surface area contributed by atoms with E-state index in [0.717, 1.165) is 154 Å². The molecule has 12 nitrogen and oxygen atoms in total. The molecule has 0 saturated carbocycles. The largest absolute Gasteiger partial charge is 0.507 e. The molecule has 88 heavy (non-hydrogen) atoms. The maximum absolute atomic E-state index is 13.2. The third-order valence-corrected chi connectivity index (χ3v) is 19.0. The first kappa shape index (κ1) is 73.9. The number of unbranched alkanes of at least 4 members (excludes halogenated alkanes) is 24. The van der Waals surface area contributed by atoms with Gasteiger partial charge in [-0.25, -0.2) is 0 Å². The summed E-state index contributed by atoms with van der Waals surface area (Å²) < 4.78 is 0. The van der Waals surface area contributed by atoms with Gasteiger partial charge >= 0.3 is 0 Å². The van der Waals surface area contributed by atoms with E-state index in [2.05, 4.69) is 27.7 Å². The molecule has 0 aliphatic heterocycles. The van der Waals surface area contributed by atoms with E-state index in [1.165, 1.54) is 25.7 Å². The van der Waals surface area contributed by atoms with E-state index in [1.807, 2.05) is 100 Å². The Morgan fingerprint density at radius 2 is 0.364 bits per heavy atom. The van der Waals surface area contributed by atoms with Crippen LogP contribution in [0.5, 0.6) is 46.0 Å². The summed E-state index contributed by atoms with van der Waals surface area (Å²) in [5.41, 5.74) is 5.92. The smallest absolute Gasteiger partial charge is 0.127 e. The average Bonchev–Trinajstić information content (AvgIpc) is 0.812. The summed E-state index contributed by atoms with van der Waals surface area (Å²) in [6, 6.07) is 7.84. The zero-order valence-electron chi connectivity index (χ0n) is 57.4. The van der Waals surface area contributed by atoms with Gasteiger partial charge in [-0.3, -0.25) is 0 Å². The number of rotatable bonds is 40. The molecule has 8 bridgehead atoms. The molecule has 0 aromatic heterocycles. The number of phenols is 8. The Morgan fingerprint density at radius 1 is 0.227 bits per heavy atom. The predicted octanol–water partition coefficient (Wildman–Crippen LogP) is 19.0. The molecule has 12 heteroatoms. The van der Waals surface area contributed by atoms with Crippen molar-refractivity contribution in [1.29, 1.82) is 0 Å². The SMILES string of the molecule is CCCCCCCCCC1c2cc(c(O)c(CN(C)C)c2O)C(CCCCCCCCC)c2cc(c(O)c(CN(C)C)c2O)C(CCCCCCCCC)c2cc(c(O)c(CN(C)C)c2O)C(CCCCCCCCC)c2cc1c(O)c(CN(C)C)c2O. The van der Waals surface area contributed by atoms with E-state index in [4.69, 9.17) is 0 Å². The highest BCUT2D eigenvalue weighted by atomic mass is 16.3. The first-order valence-electron chi connectivity index (χ1n) is 35.1. The Balaban J connectivity index is 2.08. The van der Waals surface area contributed by atoms with Gasteiger partial charge < -0.3 is 60.5 Å². The number of hydrogen-bond acceptors (Lipinski definition) is 12. The van der Waals surface area contributed by atoms with Gasteiger partial charge in [0, 0.05) is 94.4 Å². The van der Waals surface area contributed by atoms with Gasteiger partial charge in [-0.2, -0.15) is 0 Å². The number of hydrogen-bond donors (Lipinski definition) is 8. The van der Waals surface area contributed by atoms with E-state index >= 15 is 0 Å². The average molecular weight is 1220 g/mol. The van der Waals surface area contributed by atoms with E-state index < -0.39 is 23.7 Å². The minimum atomic E-state index is -0.629. The summed E-state index contributed by atoms with van der Waals surface area (Å²) in [4.78, 5) is 7.78. The summed E-state index contributed by atoms with van der Waals surface area (Å²) in [5, 5.41) is 105. The fourth-order valence-corrected chi connectivity index (χ4v) is 14.2. The fraction of sp³-hybridized carbons (Fsp3) is 0.684. The normalized spacial score (nSPS) is 16.1. The number of benzene rings is 4. The van der Waals surface area contributed by atoms with Gasteiger partial charge in [0.15, 0.2) is 0 Å². The monoisotopic (exact) mass is 1220 g/mol. The number of fused-ring (bicyclic) bond motifs is 8. The van der Waals surface area contributed by atoms with Crippen molar-refractivity contribution in [3.63, 3.8) is 0 Å². The zero-order valence-corrected chi connectivity index (χ0v) is 57.4. The Labute approximate surface area is 534 Å². The quantitative estimate of drug-likeness (QED) is 0.0198. The maximum atomic E-state index is 13.2. The lowest BCUT2D eigenvalue weighted by molar-refractivity contribution is 0.356. The number of aromatic hydroxyl groups is 8. The molecule has 0 radical (unpaired) electrons. The lowest BCUT2D eigenvalue weighted by Crippen LogP contribution is -2.18. The molecule has 0 heterocycles. The standard InChI is InChI=1S/C76H124N4O8/c1-13-17-21-25-29-33-37-41-53-57-45-59(71(83)65(69(57)81)49-77(5)6)54(42-38-34-30-26-22-18-14-2)61-47-63(75(87)67(73(61)85)51-79(9)10)56(44-40-36-32-28-24-20-16-4)64-48-62(74(86)68(76(64)88)52-80(11)12)55(43-39-35-31-27-23-19-15-3)60-46-58(53)70(82)66(72(60)84)50-78(7)8/h45-48,53-56,81-88H,13-44,49-52H2,1-12H3. The van der Waals surface area contributed by atoms with Crippen LogP contribution in [-0.2, 0) is 26.2 Å². The van der Waals surface area contributed by atoms with Crippen LogP contribution in [0, 0.1) is 0 Å². The van der Waals surface area contributed by atoms with Gasteiger partial charge in [-0.15, -0.1) is 0 Å². The van der Waals surface area contributed by atoms with Crippen LogP contribution in [0.4, 0.5) is 0 Å².